The van der Waals surface area contributed by atoms with Crippen LogP contribution in [0.1, 0.15) is 30.6 Å². The lowest BCUT2D eigenvalue weighted by molar-refractivity contribution is -0.122. The van der Waals surface area contributed by atoms with Crippen LogP contribution in [0.15, 0.2) is 24.3 Å². The normalized spacial score (nSPS) is 12.2. The number of carbonyl (C=O) groups excluding carboxylic acids is 2. The van der Waals surface area contributed by atoms with Gasteiger partial charge in [0.05, 0.1) is 12.6 Å². The molecule has 1 atom stereocenters. The van der Waals surface area contributed by atoms with Crippen molar-refractivity contribution in [3.63, 3.8) is 0 Å². The van der Waals surface area contributed by atoms with Gasteiger partial charge in [0.15, 0.2) is 5.78 Å². The molecule has 1 unspecified atom stereocenters. The van der Waals surface area contributed by atoms with Gasteiger partial charge in [-0.2, -0.15) is 0 Å². The van der Waals surface area contributed by atoms with Gasteiger partial charge in [-0.25, -0.2) is 0 Å². The highest BCUT2D eigenvalue weighted by atomic mass is 35.5. The minimum Gasteiger partial charge on any atom is -0.358 e. The van der Waals surface area contributed by atoms with Crippen molar-refractivity contribution in [2.75, 3.05) is 20.1 Å². The molecule has 0 saturated carbocycles. The second-order valence-corrected chi connectivity index (χ2v) is 5.13. The average Bonchev–Trinajstić information content (AvgIpc) is 2.45. The molecule has 0 aliphatic rings. The van der Waals surface area contributed by atoms with E-state index in [0.717, 1.165) is 6.42 Å². The van der Waals surface area contributed by atoms with E-state index in [-0.39, 0.29) is 24.3 Å². The molecule has 1 N–H and O–H groups in total. The van der Waals surface area contributed by atoms with E-state index < -0.39 is 0 Å². The zero-order valence-corrected chi connectivity index (χ0v) is 12.9. The summed E-state index contributed by atoms with van der Waals surface area (Å²) in [4.78, 5) is 25.9. The predicted molar refractivity (Wildman–Crippen MR) is 81.2 cm³/mol. The summed E-state index contributed by atoms with van der Waals surface area (Å²) in [5.74, 6) is -0.117. The molecule has 1 amide bonds. The van der Waals surface area contributed by atoms with E-state index in [0.29, 0.717) is 17.1 Å². The largest absolute Gasteiger partial charge is 0.358 e. The van der Waals surface area contributed by atoms with Gasteiger partial charge in [-0.1, -0.05) is 30.7 Å². The van der Waals surface area contributed by atoms with Crippen LogP contribution < -0.4 is 5.32 Å². The van der Waals surface area contributed by atoms with E-state index in [1.165, 1.54) is 0 Å². The number of likely N-dealkylation sites (N-methyl/N-ethyl adjacent to an activating group) is 1. The van der Waals surface area contributed by atoms with Crippen molar-refractivity contribution in [2.24, 2.45) is 0 Å². The molecule has 110 valence electrons. The number of hydrogen-bond donors (Lipinski definition) is 1. The van der Waals surface area contributed by atoms with E-state index in [2.05, 4.69) is 5.32 Å². The van der Waals surface area contributed by atoms with Crippen LogP contribution in [0.3, 0.4) is 0 Å². The van der Waals surface area contributed by atoms with Crippen LogP contribution in [0.5, 0.6) is 0 Å². The van der Waals surface area contributed by atoms with E-state index >= 15 is 0 Å². The number of ketones is 1. The lowest BCUT2D eigenvalue weighted by atomic mass is 10.0. The molecule has 0 aliphatic heterocycles. The zero-order valence-electron chi connectivity index (χ0n) is 12.1. The van der Waals surface area contributed by atoms with Gasteiger partial charge in [-0.3, -0.25) is 14.5 Å². The average molecular weight is 297 g/mol. The SMILES string of the molecule is CCCN(CC(=O)NC)C(C)C(=O)c1cccc(Cl)c1. The Labute approximate surface area is 125 Å². The molecule has 0 radical (unpaired) electrons. The third-order valence-electron chi connectivity index (χ3n) is 3.17. The fourth-order valence-corrected chi connectivity index (χ4v) is 2.20. The number of carbonyl (C=O) groups is 2. The second-order valence-electron chi connectivity index (χ2n) is 4.69. The van der Waals surface area contributed by atoms with Crippen molar-refractivity contribution in [1.29, 1.82) is 0 Å². The molecule has 1 aromatic carbocycles. The maximum atomic E-state index is 12.5. The fraction of sp³-hybridized carbons (Fsp3) is 0.467. The number of Topliss-reactive ketones (excluding diaryl/α,β-unsaturated/α-hetero) is 1. The van der Waals surface area contributed by atoms with Gasteiger partial charge in [0, 0.05) is 17.6 Å². The smallest absolute Gasteiger partial charge is 0.233 e. The molecule has 0 spiro atoms. The summed E-state index contributed by atoms with van der Waals surface area (Å²) < 4.78 is 0. The maximum absolute atomic E-state index is 12.5. The van der Waals surface area contributed by atoms with Gasteiger partial charge >= 0.3 is 0 Å². The number of amides is 1. The monoisotopic (exact) mass is 296 g/mol. The third kappa shape index (κ3) is 4.62. The first-order valence-electron chi connectivity index (χ1n) is 6.74. The Morgan fingerprint density at radius 2 is 2.10 bits per heavy atom. The Morgan fingerprint density at radius 1 is 1.40 bits per heavy atom. The summed E-state index contributed by atoms with van der Waals surface area (Å²) in [5, 5.41) is 3.12. The van der Waals surface area contributed by atoms with E-state index in [1.807, 2.05) is 18.7 Å². The minimum atomic E-state index is -0.356. The third-order valence-corrected chi connectivity index (χ3v) is 3.41. The summed E-state index contributed by atoms with van der Waals surface area (Å²) in [7, 11) is 1.59. The number of benzene rings is 1. The van der Waals surface area contributed by atoms with Crippen molar-refractivity contribution in [3.05, 3.63) is 34.9 Å². The van der Waals surface area contributed by atoms with Crippen LogP contribution in [0, 0.1) is 0 Å². The quantitative estimate of drug-likeness (QED) is 0.786. The standard InChI is InChI=1S/C15H21ClN2O2/c1-4-8-18(10-14(19)17-3)11(2)15(20)12-6-5-7-13(16)9-12/h5-7,9,11H,4,8,10H2,1-3H3,(H,17,19). The molecule has 4 nitrogen and oxygen atoms in total. The molecule has 0 bridgehead atoms. The number of halogens is 1. The highest BCUT2D eigenvalue weighted by Crippen LogP contribution is 2.14. The highest BCUT2D eigenvalue weighted by molar-refractivity contribution is 6.31. The van der Waals surface area contributed by atoms with E-state index in [4.69, 9.17) is 11.6 Å². The molecule has 20 heavy (non-hydrogen) atoms. The first kappa shape index (κ1) is 16.7. The van der Waals surface area contributed by atoms with Crippen LogP contribution in [-0.4, -0.2) is 42.8 Å². The van der Waals surface area contributed by atoms with Gasteiger partial charge in [-0.15, -0.1) is 0 Å². The van der Waals surface area contributed by atoms with Crippen molar-refractivity contribution >= 4 is 23.3 Å². The van der Waals surface area contributed by atoms with Crippen molar-refractivity contribution in [3.8, 4) is 0 Å². The van der Waals surface area contributed by atoms with Crippen LogP contribution >= 0.6 is 11.6 Å². The van der Waals surface area contributed by atoms with Gasteiger partial charge in [0.25, 0.3) is 0 Å². The number of rotatable bonds is 7. The number of hydrogen-bond acceptors (Lipinski definition) is 3. The summed E-state index contributed by atoms with van der Waals surface area (Å²) in [6.45, 7) is 4.76. The molecule has 1 rings (SSSR count). The molecule has 1 aromatic rings. The number of nitrogens with zero attached hydrogens (tertiary/aromatic N) is 1. The van der Waals surface area contributed by atoms with Gasteiger partial charge in [0.2, 0.25) is 5.91 Å². The summed E-state index contributed by atoms with van der Waals surface area (Å²) >= 11 is 5.91. The Balaban J connectivity index is 2.85. The Kier molecular flexibility index (Phi) is 6.68. The maximum Gasteiger partial charge on any atom is 0.233 e. The Bertz CT molecular complexity index is 477. The van der Waals surface area contributed by atoms with Crippen molar-refractivity contribution in [2.45, 2.75) is 26.3 Å². The molecule has 0 aliphatic carbocycles. The topological polar surface area (TPSA) is 49.4 Å². The van der Waals surface area contributed by atoms with Crippen molar-refractivity contribution < 1.29 is 9.59 Å². The summed E-state index contributed by atoms with van der Waals surface area (Å²) in [5.41, 5.74) is 0.572. The molecule has 5 heteroatoms. The minimum absolute atomic E-state index is 0.0233. The van der Waals surface area contributed by atoms with E-state index in [1.54, 1.807) is 31.3 Å². The predicted octanol–water partition coefficient (Wildman–Crippen LogP) is 2.37. The highest BCUT2D eigenvalue weighted by Gasteiger charge is 2.23. The summed E-state index contributed by atoms with van der Waals surface area (Å²) in [6.07, 6.45) is 0.879. The van der Waals surface area contributed by atoms with E-state index in [9.17, 15) is 9.59 Å². The Hall–Kier alpha value is -1.39. The van der Waals surface area contributed by atoms with Gasteiger partial charge < -0.3 is 5.32 Å². The Morgan fingerprint density at radius 3 is 2.65 bits per heavy atom. The van der Waals surface area contributed by atoms with Gasteiger partial charge in [-0.05, 0) is 32.0 Å². The van der Waals surface area contributed by atoms with Crippen LogP contribution in [0.25, 0.3) is 0 Å². The molecule has 0 aromatic heterocycles. The molecule has 0 saturated heterocycles. The van der Waals surface area contributed by atoms with Crippen LogP contribution in [0.2, 0.25) is 5.02 Å². The fourth-order valence-electron chi connectivity index (χ4n) is 2.01. The molecule has 0 heterocycles. The van der Waals surface area contributed by atoms with Crippen LogP contribution in [-0.2, 0) is 4.79 Å². The second kappa shape index (κ2) is 8.02. The first-order valence-corrected chi connectivity index (χ1v) is 7.11. The van der Waals surface area contributed by atoms with Crippen molar-refractivity contribution in [1.82, 2.24) is 10.2 Å². The summed E-state index contributed by atoms with van der Waals surface area (Å²) in [6, 6.07) is 6.53. The lowest BCUT2D eigenvalue weighted by Gasteiger charge is -2.27. The lowest BCUT2D eigenvalue weighted by Crippen LogP contribution is -2.45. The molecular weight excluding hydrogens is 276 g/mol. The van der Waals surface area contributed by atoms with Crippen LogP contribution in [0.4, 0.5) is 0 Å². The first-order chi connectivity index (χ1) is 9.49. The van der Waals surface area contributed by atoms with Gasteiger partial charge in [0.1, 0.15) is 0 Å². The zero-order chi connectivity index (χ0) is 15.1. The molecular formula is C15H21ClN2O2. The number of nitrogens with one attached hydrogen (secondary N) is 1. The molecule has 0 fully saturated rings.